The summed E-state index contributed by atoms with van der Waals surface area (Å²) < 4.78 is 7.11. The highest BCUT2D eigenvalue weighted by Crippen LogP contribution is 2.40. The second kappa shape index (κ2) is 17.0. The van der Waals surface area contributed by atoms with E-state index in [0.717, 1.165) is 42.3 Å². The number of halogens is 2. The number of carbonyl (C=O) groups excluding carboxylic acids is 2. The fraction of sp³-hybridized carbons (Fsp3) is 0.517. The Bertz CT molecular complexity index is 976. The molecule has 0 aromatic heterocycles. The van der Waals surface area contributed by atoms with Crippen LogP contribution in [0.15, 0.2) is 54.6 Å². The Morgan fingerprint density at radius 3 is 2.16 bits per heavy atom. The number of carbonyl (C=O) groups is 2. The highest BCUT2D eigenvalue weighted by atomic mass is 35.5. The van der Waals surface area contributed by atoms with E-state index in [2.05, 4.69) is 18.3 Å². The zero-order chi connectivity index (χ0) is 28.1. The molecule has 1 amide bonds. The van der Waals surface area contributed by atoms with E-state index >= 15 is 0 Å². The van der Waals surface area contributed by atoms with E-state index in [1.807, 2.05) is 71.4 Å². The smallest absolute Gasteiger partial charge is 0.306 e. The summed E-state index contributed by atoms with van der Waals surface area (Å²) in [5.41, 5.74) is 1.11. The average Bonchev–Trinajstić information content (AvgIpc) is 3.75. The summed E-state index contributed by atoms with van der Waals surface area (Å²) in [5, 5.41) is 9.22. The van der Waals surface area contributed by atoms with Crippen LogP contribution in [0.5, 0.6) is 0 Å². The number of nitrogens with zero attached hydrogens (tertiary/aromatic N) is 2. The quantitative estimate of drug-likeness (QED) is 0.263. The van der Waals surface area contributed by atoms with Crippen molar-refractivity contribution in [1.29, 1.82) is 0 Å². The van der Waals surface area contributed by atoms with Crippen LogP contribution in [-0.4, -0.2) is 65.3 Å². The number of rotatable bonds is 9. The molecule has 1 N–H and O–H groups in total. The van der Waals surface area contributed by atoms with E-state index in [-0.39, 0.29) is 36.3 Å². The van der Waals surface area contributed by atoms with Crippen molar-refractivity contribution in [1.82, 2.24) is 9.21 Å². The van der Waals surface area contributed by atoms with Gasteiger partial charge in [-0.15, -0.1) is 0 Å². The highest BCUT2D eigenvalue weighted by molar-refractivity contribution is 7.97. The molecule has 1 saturated heterocycles. The predicted octanol–water partition coefficient (Wildman–Crippen LogP) is 6.65. The molecule has 0 spiro atoms. The summed E-state index contributed by atoms with van der Waals surface area (Å²) in [4.78, 5) is 27.4. The lowest BCUT2D eigenvalue weighted by Crippen LogP contribution is -2.52. The molecule has 38 heavy (non-hydrogen) atoms. The largest absolute Gasteiger partial charge is 0.469 e. The van der Waals surface area contributed by atoms with Gasteiger partial charge in [0.25, 0.3) is 0 Å². The maximum atomic E-state index is 13.5. The van der Waals surface area contributed by atoms with Crippen molar-refractivity contribution in [2.45, 2.75) is 62.8 Å². The Kier molecular flexibility index (Phi) is 14.5. The molecule has 1 heterocycles. The number of benzene rings is 2. The number of likely N-dealkylation sites (tertiary alicyclic amines) is 1. The molecule has 6 nitrogen and oxygen atoms in total. The number of aliphatic hydroxyl groups excluding tert-OH is 1. The summed E-state index contributed by atoms with van der Waals surface area (Å²) in [7, 11) is 4.49. The molecule has 3 atom stereocenters. The number of hydrogen-bond donors (Lipinski definition) is 1. The molecule has 1 saturated carbocycles. The lowest BCUT2D eigenvalue weighted by atomic mass is 9.85. The number of likely N-dealkylation sites (N-methyl/N-ethyl adjacent to an activating group) is 1. The Hall–Kier alpha value is -1.77. The molecule has 0 bridgehead atoms. The maximum Gasteiger partial charge on any atom is 0.306 e. The van der Waals surface area contributed by atoms with Crippen molar-refractivity contribution in [3.63, 3.8) is 0 Å². The third-order valence-corrected chi connectivity index (χ3v) is 8.33. The molecule has 4 rings (SSSR count). The Balaban J connectivity index is 0.000000481. The molecule has 210 valence electrons. The first-order valence-corrected chi connectivity index (χ1v) is 14.6. The number of hydrogen-bond acceptors (Lipinski definition) is 6. The minimum atomic E-state index is -0.317. The van der Waals surface area contributed by atoms with Crippen LogP contribution in [0.3, 0.4) is 0 Å². The third kappa shape index (κ3) is 10.4. The van der Waals surface area contributed by atoms with Gasteiger partial charge in [-0.3, -0.25) is 13.9 Å². The second-order valence-electron chi connectivity index (χ2n) is 9.34. The first kappa shape index (κ1) is 32.4. The Morgan fingerprint density at radius 1 is 1.05 bits per heavy atom. The van der Waals surface area contributed by atoms with Gasteiger partial charge in [0.15, 0.2) is 0 Å². The van der Waals surface area contributed by atoms with Crippen LogP contribution in [0.25, 0.3) is 0 Å². The van der Waals surface area contributed by atoms with Crippen LogP contribution in [-0.2, 0) is 14.3 Å². The van der Waals surface area contributed by atoms with E-state index in [4.69, 9.17) is 33.0 Å². The maximum absolute atomic E-state index is 13.5. The van der Waals surface area contributed by atoms with Crippen LogP contribution in [0.1, 0.15) is 57.1 Å². The predicted molar refractivity (Wildman–Crippen MR) is 157 cm³/mol. The van der Waals surface area contributed by atoms with E-state index in [0.29, 0.717) is 11.4 Å². The van der Waals surface area contributed by atoms with Crippen LogP contribution < -0.4 is 0 Å². The number of esters is 1. The lowest BCUT2D eigenvalue weighted by Gasteiger charge is -2.45. The van der Waals surface area contributed by atoms with Crippen LogP contribution in [0, 0.1) is 5.92 Å². The third-order valence-electron chi connectivity index (χ3n) is 6.54. The minimum absolute atomic E-state index is 0.0120. The highest BCUT2D eigenvalue weighted by Gasteiger charge is 2.40. The Labute approximate surface area is 241 Å². The number of amides is 1. The number of aliphatic hydroxyl groups is 1. The topological polar surface area (TPSA) is 70.1 Å². The molecular weight excluding hydrogens is 543 g/mol. The Morgan fingerprint density at radius 2 is 1.66 bits per heavy atom. The van der Waals surface area contributed by atoms with E-state index < -0.39 is 0 Å². The molecule has 2 aromatic rings. The lowest BCUT2D eigenvalue weighted by molar-refractivity contribution is -0.152. The molecule has 1 aliphatic carbocycles. The van der Waals surface area contributed by atoms with Crippen molar-refractivity contribution in [2.24, 2.45) is 5.92 Å². The number of ether oxygens (including phenoxy) is 1. The van der Waals surface area contributed by atoms with E-state index in [1.165, 1.54) is 20.0 Å². The van der Waals surface area contributed by atoms with Gasteiger partial charge in [-0.05, 0) is 69.0 Å². The minimum Gasteiger partial charge on any atom is -0.469 e. The van der Waals surface area contributed by atoms with Crippen LogP contribution in [0.2, 0.25) is 10.0 Å². The molecule has 2 aromatic carbocycles. The van der Waals surface area contributed by atoms with Gasteiger partial charge in [-0.25, -0.2) is 0 Å². The SMILES string of the molecule is CCC(CN(C)SC1CC1)N1C(=O)[C@@H](CC(=O)OC)CCC1c1ccc(Cl)cc1.CO.Clc1ccccc1. The van der Waals surface area contributed by atoms with Gasteiger partial charge in [-0.1, -0.05) is 72.4 Å². The van der Waals surface area contributed by atoms with Gasteiger partial charge in [0.2, 0.25) is 5.91 Å². The van der Waals surface area contributed by atoms with Crippen molar-refractivity contribution < 1.29 is 19.4 Å². The van der Waals surface area contributed by atoms with Crippen molar-refractivity contribution in [3.8, 4) is 0 Å². The standard InChI is InChI=1S/C22H31ClN2O3S.C6H5Cl.CH4O/c1-4-18(14-24(2)29-19-10-11-19)25-20(15-5-8-17(23)9-6-15)12-7-16(22(25)27)13-21(26)28-3;7-6-4-2-1-3-5-6;1-2/h5-6,8-9,16,18-20H,4,7,10-14H2,1-3H3;1-5H;2H,1H3/t16-,18?,20?;;/m1../s1. The second-order valence-corrected chi connectivity index (χ2v) is 11.7. The van der Waals surface area contributed by atoms with Gasteiger partial charge < -0.3 is 14.7 Å². The molecule has 2 aliphatic rings. The first-order valence-electron chi connectivity index (χ1n) is 13.0. The zero-order valence-corrected chi connectivity index (χ0v) is 25.0. The fourth-order valence-corrected chi connectivity index (χ4v) is 5.89. The summed E-state index contributed by atoms with van der Waals surface area (Å²) in [5.74, 6) is -0.553. The molecule has 2 fully saturated rings. The molecular formula is C29H40Cl2N2O4S. The normalized spacial score (nSPS) is 19.6. The summed E-state index contributed by atoms with van der Waals surface area (Å²) in [6, 6.07) is 17.4. The fourth-order valence-electron chi connectivity index (χ4n) is 4.50. The van der Waals surface area contributed by atoms with Crippen molar-refractivity contribution in [3.05, 3.63) is 70.2 Å². The average molecular weight is 584 g/mol. The summed E-state index contributed by atoms with van der Waals surface area (Å²) in [6.45, 7) is 2.95. The van der Waals surface area contributed by atoms with Gasteiger partial charge in [0.05, 0.1) is 19.6 Å². The van der Waals surface area contributed by atoms with Gasteiger partial charge in [0, 0.05) is 40.9 Å². The summed E-state index contributed by atoms with van der Waals surface area (Å²) >= 11 is 13.5. The molecule has 2 unspecified atom stereocenters. The number of methoxy groups -OCH3 is 1. The van der Waals surface area contributed by atoms with E-state index in [9.17, 15) is 9.59 Å². The van der Waals surface area contributed by atoms with Crippen LogP contribution in [0.4, 0.5) is 0 Å². The number of piperidine rings is 1. The monoisotopic (exact) mass is 582 g/mol. The van der Waals surface area contributed by atoms with Crippen molar-refractivity contribution in [2.75, 3.05) is 27.8 Å². The van der Waals surface area contributed by atoms with Gasteiger partial charge in [-0.2, -0.15) is 0 Å². The zero-order valence-electron chi connectivity index (χ0n) is 22.7. The summed E-state index contributed by atoms with van der Waals surface area (Å²) in [6.07, 6.45) is 5.12. The van der Waals surface area contributed by atoms with E-state index in [1.54, 1.807) is 0 Å². The molecule has 9 heteroatoms. The van der Waals surface area contributed by atoms with Crippen molar-refractivity contribution >= 4 is 47.0 Å². The van der Waals surface area contributed by atoms with Crippen LogP contribution >= 0.6 is 35.1 Å². The van der Waals surface area contributed by atoms with Gasteiger partial charge >= 0.3 is 5.97 Å². The first-order chi connectivity index (χ1) is 18.3. The van der Waals surface area contributed by atoms with Gasteiger partial charge in [0.1, 0.15) is 0 Å². The molecule has 1 aliphatic heterocycles. The molecule has 0 radical (unpaired) electrons.